The fourth-order valence-electron chi connectivity index (χ4n) is 4.10. The highest BCUT2D eigenvalue weighted by atomic mass is 35.5. The number of pyridine rings is 1. The van der Waals surface area contributed by atoms with E-state index in [1.54, 1.807) is 6.07 Å². The number of aromatic nitrogens is 3. The maximum Gasteiger partial charge on any atom is 0.433 e. The van der Waals surface area contributed by atoms with E-state index >= 15 is 0 Å². The summed E-state index contributed by atoms with van der Waals surface area (Å²) in [7, 11) is 0. The predicted octanol–water partition coefficient (Wildman–Crippen LogP) is 5.43. The molecule has 4 rings (SSSR count). The smallest absolute Gasteiger partial charge is 0.382 e. The average molecular weight is 511 g/mol. The lowest BCUT2D eigenvalue weighted by atomic mass is 9.90. The maximum absolute atomic E-state index is 13.4. The van der Waals surface area contributed by atoms with Gasteiger partial charge in [-0.1, -0.05) is 23.2 Å². The van der Waals surface area contributed by atoms with E-state index in [0.717, 1.165) is 18.9 Å². The monoisotopic (exact) mass is 510 g/mol. The van der Waals surface area contributed by atoms with Crippen LogP contribution < -0.4 is 10.6 Å². The van der Waals surface area contributed by atoms with Crippen LogP contribution in [0.25, 0.3) is 10.9 Å². The van der Waals surface area contributed by atoms with Crippen molar-refractivity contribution >= 4 is 45.7 Å². The Hall–Kier alpha value is -3.03. The molecule has 2 N–H and O–H groups in total. The molecular formula is C22H19Cl2F3N6O. The quantitative estimate of drug-likeness (QED) is 0.476. The zero-order valence-corrected chi connectivity index (χ0v) is 19.2. The highest BCUT2D eigenvalue weighted by Gasteiger charge is 2.34. The first kappa shape index (κ1) is 24.1. The molecule has 0 bridgehead atoms. The normalized spacial score (nSPS) is 18.5. The number of rotatable bonds is 5. The van der Waals surface area contributed by atoms with Crippen LogP contribution >= 0.6 is 23.2 Å². The molecule has 34 heavy (non-hydrogen) atoms. The third-order valence-electron chi connectivity index (χ3n) is 5.62. The Kier molecular flexibility index (Phi) is 6.86. The Morgan fingerprint density at radius 1 is 1.24 bits per heavy atom. The molecule has 0 spiro atoms. The van der Waals surface area contributed by atoms with E-state index in [1.807, 2.05) is 6.07 Å². The Balaban J connectivity index is 1.51. The van der Waals surface area contributed by atoms with Crippen LogP contribution in [0, 0.1) is 11.3 Å². The van der Waals surface area contributed by atoms with Gasteiger partial charge in [0.2, 0.25) is 0 Å². The van der Waals surface area contributed by atoms with Crippen molar-refractivity contribution in [3.05, 3.63) is 51.9 Å². The van der Waals surface area contributed by atoms with Gasteiger partial charge in [0.1, 0.15) is 12.2 Å². The van der Waals surface area contributed by atoms with Gasteiger partial charge in [0, 0.05) is 34.4 Å². The number of anilines is 1. The number of amides is 1. The number of carbonyl (C=O) groups is 1. The van der Waals surface area contributed by atoms with E-state index < -0.39 is 17.8 Å². The highest BCUT2D eigenvalue weighted by molar-refractivity contribution is 6.32. The second-order valence-corrected chi connectivity index (χ2v) is 8.88. The molecule has 178 valence electrons. The van der Waals surface area contributed by atoms with Gasteiger partial charge >= 0.3 is 6.18 Å². The summed E-state index contributed by atoms with van der Waals surface area (Å²) in [5.74, 6) is -0.416. The fraction of sp³-hybridized carbons (Fsp3) is 0.364. The van der Waals surface area contributed by atoms with E-state index in [1.165, 1.54) is 23.0 Å². The summed E-state index contributed by atoms with van der Waals surface area (Å²) in [6, 6.07) is 7.05. The van der Waals surface area contributed by atoms with Gasteiger partial charge in [-0.3, -0.25) is 9.48 Å². The minimum Gasteiger partial charge on any atom is -0.382 e. The van der Waals surface area contributed by atoms with Crippen molar-refractivity contribution in [2.75, 3.05) is 5.32 Å². The first-order chi connectivity index (χ1) is 16.1. The first-order valence-corrected chi connectivity index (χ1v) is 11.2. The van der Waals surface area contributed by atoms with Crippen LogP contribution in [-0.4, -0.2) is 32.8 Å². The summed E-state index contributed by atoms with van der Waals surface area (Å²) < 4.78 is 41.5. The minimum atomic E-state index is -4.59. The molecule has 0 aliphatic heterocycles. The van der Waals surface area contributed by atoms with Crippen molar-refractivity contribution in [1.82, 2.24) is 20.1 Å². The van der Waals surface area contributed by atoms with Gasteiger partial charge in [-0.05, 0) is 49.9 Å². The zero-order valence-electron chi connectivity index (χ0n) is 17.7. The minimum absolute atomic E-state index is 0.00181. The molecule has 1 fully saturated rings. The van der Waals surface area contributed by atoms with Crippen LogP contribution in [0.3, 0.4) is 0 Å². The van der Waals surface area contributed by atoms with Crippen LogP contribution in [0.2, 0.25) is 10.2 Å². The van der Waals surface area contributed by atoms with Crippen molar-refractivity contribution in [1.29, 1.82) is 5.26 Å². The van der Waals surface area contributed by atoms with Crippen LogP contribution in [-0.2, 0) is 12.7 Å². The largest absolute Gasteiger partial charge is 0.433 e. The third-order valence-corrected chi connectivity index (χ3v) is 6.14. The summed E-state index contributed by atoms with van der Waals surface area (Å²) in [5.41, 5.74) is -0.352. The summed E-state index contributed by atoms with van der Waals surface area (Å²) in [4.78, 5) is 16.4. The molecule has 0 saturated heterocycles. The summed E-state index contributed by atoms with van der Waals surface area (Å²) in [6.07, 6.45) is -0.488. The fourth-order valence-corrected chi connectivity index (χ4v) is 4.51. The van der Waals surface area contributed by atoms with Crippen LogP contribution in [0.5, 0.6) is 0 Å². The van der Waals surface area contributed by atoms with Crippen molar-refractivity contribution in [3.8, 4) is 6.07 Å². The lowest BCUT2D eigenvalue weighted by Crippen LogP contribution is -2.41. The number of alkyl halides is 3. The molecule has 2 heterocycles. The molecule has 1 aliphatic carbocycles. The Labute approximate surface area is 202 Å². The van der Waals surface area contributed by atoms with Crippen molar-refractivity contribution in [2.45, 2.75) is 50.5 Å². The molecule has 1 aliphatic rings. The number of nitriles is 1. The number of benzene rings is 1. The number of nitrogens with one attached hydrogen (secondary N) is 2. The molecule has 3 aromatic rings. The van der Waals surface area contributed by atoms with E-state index in [-0.39, 0.29) is 40.5 Å². The number of halogens is 5. The molecule has 7 nitrogen and oxygen atoms in total. The lowest BCUT2D eigenvalue weighted by molar-refractivity contribution is -0.140. The second kappa shape index (κ2) is 9.68. The Morgan fingerprint density at radius 2 is 2.00 bits per heavy atom. The number of hydrogen-bond acceptors (Lipinski definition) is 5. The lowest BCUT2D eigenvalue weighted by Gasteiger charge is -2.31. The number of fused-ring (bicyclic) bond motifs is 1. The van der Waals surface area contributed by atoms with E-state index in [9.17, 15) is 18.0 Å². The number of carbonyl (C=O) groups excluding carboxylic acids is 1. The van der Waals surface area contributed by atoms with Crippen molar-refractivity contribution in [3.63, 3.8) is 0 Å². The molecule has 1 unspecified atom stereocenters. The topological polar surface area (TPSA) is 95.6 Å². The Morgan fingerprint density at radius 3 is 2.74 bits per heavy atom. The van der Waals surface area contributed by atoms with Crippen molar-refractivity contribution < 1.29 is 18.0 Å². The highest BCUT2D eigenvalue weighted by Crippen LogP contribution is 2.35. The SMILES string of the molecule is N#CCn1cc(C(=O)NC2CCC[C@H](Nc3cc(C(F)(F)F)nc4ccc(Cl)cc34)C2)c(Cl)n1. The molecule has 12 heteroatoms. The standard InChI is InChI=1S/C22H19Cl2F3N6O/c23-12-4-5-17-15(8-12)18(10-19(31-17)22(25,26)27)29-13-2-1-3-14(9-13)30-21(34)16-11-33(7-6-28)32-20(16)24/h4-5,8,10-11,13-14H,1-3,7,9H2,(H,29,31)(H,30,34)/t13-,14?/m0/s1. The molecule has 2 aromatic heterocycles. The maximum atomic E-state index is 13.4. The Bertz CT molecular complexity index is 1270. The summed E-state index contributed by atoms with van der Waals surface area (Å²) >= 11 is 12.1. The van der Waals surface area contributed by atoms with Gasteiger partial charge in [-0.2, -0.15) is 23.5 Å². The number of hydrogen-bond donors (Lipinski definition) is 2. The molecule has 0 radical (unpaired) electrons. The van der Waals surface area contributed by atoms with Gasteiger partial charge in [-0.25, -0.2) is 4.98 Å². The van der Waals surface area contributed by atoms with Gasteiger partial charge in [0.05, 0.1) is 17.1 Å². The van der Waals surface area contributed by atoms with Gasteiger partial charge < -0.3 is 10.6 Å². The molecule has 2 atom stereocenters. The van der Waals surface area contributed by atoms with E-state index in [2.05, 4.69) is 20.7 Å². The first-order valence-electron chi connectivity index (χ1n) is 10.5. The van der Waals surface area contributed by atoms with Gasteiger partial charge in [-0.15, -0.1) is 0 Å². The predicted molar refractivity (Wildman–Crippen MR) is 122 cm³/mol. The molecular weight excluding hydrogens is 492 g/mol. The summed E-state index contributed by atoms with van der Waals surface area (Å²) in [6.45, 7) is -0.0355. The van der Waals surface area contributed by atoms with Crippen molar-refractivity contribution in [2.24, 2.45) is 0 Å². The van der Waals surface area contributed by atoms with E-state index in [0.29, 0.717) is 23.3 Å². The third kappa shape index (κ3) is 5.37. The average Bonchev–Trinajstić information content (AvgIpc) is 3.14. The van der Waals surface area contributed by atoms with Crippen LogP contribution in [0.4, 0.5) is 18.9 Å². The van der Waals surface area contributed by atoms with Crippen LogP contribution in [0.1, 0.15) is 41.7 Å². The van der Waals surface area contributed by atoms with Gasteiger partial charge in [0.25, 0.3) is 5.91 Å². The van der Waals surface area contributed by atoms with E-state index in [4.69, 9.17) is 28.5 Å². The van der Waals surface area contributed by atoms with Crippen LogP contribution in [0.15, 0.2) is 30.5 Å². The molecule has 1 saturated carbocycles. The molecule has 1 amide bonds. The zero-order chi connectivity index (χ0) is 24.5. The number of nitrogens with zero attached hydrogens (tertiary/aromatic N) is 4. The van der Waals surface area contributed by atoms with Gasteiger partial charge in [0.15, 0.2) is 5.15 Å². The summed E-state index contributed by atoms with van der Waals surface area (Å²) in [5, 5.41) is 19.7. The molecule has 1 aromatic carbocycles. The second-order valence-electron chi connectivity index (χ2n) is 8.08.